The van der Waals surface area contributed by atoms with E-state index in [9.17, 15) is 4.79 Å². The summed E-state index contributed by atoms with van der Waals surface area (Å²) in [5.74, 6) is 1.34. The summed E-state index contributed by atoms with van der Waals surface area (Å²) in [4.78, 5) is 25.0. The molecule has 1 aromatic carbocycles. The van der Waals surface area contributed by atoms with Crippen molar-refractivity contribution in [3.05, 3.63) is 66.1 Å². The lowest BCUT2D eigenvalue weighted by atomic mass is 10.0. The number of carbonyl (C=O) groups is 1. The molecule has 5 rings (SSSR count). The SMILES string of the molecule is Cc1ccnc([C@H]2C[C@@H]2c2cc(-c3cnn(C)c3)c3ccc(NC(=O)O)cc3n2)n1. The van der Waals surface area contributed by atoms with Gasteiger partial charge in [0.05, 0.1) is 11.7 Å². The van der Waals surface area contributed by atoms with Gasteiger partial charge in [0.25, 0.3) is 0 Å². The van der Waals surface area contributed by atoms with Crippen LogP contribution < -0.4 is 5.32 Å². The number of nitrogens with one attached hydrogen (secondary N) is 1. The van der Waals surface area contributed by atoms with E-state index in [0.29, 0.717) is 5.69 Å². The van der Waals surface area contributed by atoms with Crippen LogP contribution in [0.2, 0.25) is 0 Å². The molecule has 3 aromatic heterocycles. The fourth-order valence-corrected chi connectivity index (χ4v) is 3.89. The van der Waals surface area contributed by atoms with Gasteiger partial charge in [-0.3, -0.25) is 15.0 Å². The van der Waals surface area contributed by atoms with E-state index in [4.69, 9.17) is 10.1 Å². The molecule has 0 spiro atoms. The van der Waals surface area contributed by atoms with Gasteiger partial charge in [0.2, 0.25) is 0 Å². The Bertz CT molecular complexity index is 1280. The molecule has 1 fully saturated rings. The first-order chi connectivity index (χ1) is 14.5. The summed E-state index contributed by atoms with van der Waals surface area (Å²) in [5.41, 5.74) is 5.18. The second-order valence-corrected chi connectivity index (χ2v) is 7.66. The number of amides is 1. The van der Waals surface area contributed by atoms with E-state index < -0.39 is 6.09 Å². The summed E-state index contributed by atoms with van der Waals surface area (Å²) in [5, 5.41) is 16.7. The molecule has 0 radical (unpaired) electrons. The van der Waals surface area contributed by atoms with Crippen LogP contribution in [0.3, 0.4) is 0 Å². The van der Waals surface area contributed by atoms with Crippen LogP contribution >= 0.6 is 0 Å². The van der Waals surface area contributed by atoms with Crippen molar-refractivity contribution in [3.63, 3.8) is 0 Å². The van der Waals surface area contributed by atoms with Crippen molar-refractivity contribution in [3.8, 4) is 11.1 Å². The molecular weight excluding hydrogens is 380 g/mol. The minimum absolute atomic E-state index is 0.239. The van der Waals surface area contributed by atoms with Crippen LogP contribution in [0.5, 0.6) is 0 Å². The summed E-state index contributed by atoms with van der Waals surface area (Å²) in [6.45, 7) is 1.97. The van der Waals surface area contributed by atoms with Crippen molar-refractivity contribution in [2.45, 2.75) is 25.2 Å². The number of rotatable bonds is 4. The fourth-order valence-electron chi connectivity index (χ4n) is 3.89. The molecule has 1 aliphatic rings. The minimum Gasteiger partial charge on any atom is -0.465 e. The number of hydrogen-bond donors (Lipinski definition) is 2. The predicted octanol–water partition coefficient (Wildman–Crippen LogP) is 4.09. The Morgan fingerprint density at radius 1 is 1.20 bits per heavy atom. The number of hydrogen-bond acceptors (Lipinski definition) is 5. The van der Waals surface area contributed by atoms with Crippen molar-refractivity contribution >= 4 is 22.7 Å². The summed E-state index contributed by atoms with van der Waals surface area (Å²) in [7, 11) is 1.88. The predicted molar refractivity (Wildman–Crippen MR) is 112 cm³/mol. The van der Waals surface area contributed by atoms with Gasteiger partial charge >= 0.3 is 6.09 Å². The minimum atomic E-state index is -1.10. The monoisotopic (exact) mass is 400 g/mol. The van der Waals surface area contributed by atoms with E-state index in [1.165, 1.54) is 0 Å². The highest BCUT2D eigenvalue weighted by Crippen LogP contribution is 2.53. The van der Waals surface area contributed by atoms with Gasteiger partial charge in [0.15, 0.2) is 0 Å². The molecule has 1 saturated carbocycles. The van der Waals surface area contributed by atoms with Crippen LogP contribution in [0, 0.1) is 6.92 Å². The second-order valence-electron chi connectivity index (χ2n) is 7.66. The van der Waals surface area contributed by atoms with Gasteiger partial charge < -0.3 is 5.11 Å². The Labute approximate surface area is 172 Å². The molecule has 150 valence electrons. The zero-order chi connectivity index (χ0) is 20.8. The Morgan fingerprint density at radius 2 is 2.07 bits per heavy atom. The topological polar surface area (TPSA) is 106 Å². The molecule has 2 N–H and O–H groups in total. The van der Waals surface area contributed by atoms with Crippen molar-refractivity contribution in [1.82, 2.24) is 24.7 Å². The number of aromatic nitrogens is 5. The maximum absolute atomic E-state index is 11.1. The summed E-state index contributed by atoms with van der Waals surface area (Å²) >= 11 is 0. The molecule has 0 bridgehead atoms. The first-order valence-corrected chi connectivity index (χ1v) is 9.71. The maximum Gasteiger partial charge on any atom is 0.409 e. The van der Waals surface area contributed by atoms with Gasteiger partial charge in [-0.2, -0.15) is 5.10 Å². The number of anilines is 1. The van der Waals surface area contributed by atoms with E-state index >= 15 is 0 Å². The van der Waals surface area contributed by atoms with Crippen LogP contribution in [0.4, 0.5) is 10.5 Å². The molecule has 1 aliphatic carbocycles. The summed E-state index contributed by atoms with van der Waals surface area (Å²) < 4.78 is 1.77. The standard InChI is InChI=1S/C22H20N6O2/c1-12-5-6-23-21(25-12)18-8-17(18)20-9-16(13-10-24-28(2)11-13)15-4-3-14(26-22(29)30)7-19(15)27-20/h3-7,9-11,17-18,26H,8H2,1-2H3,(H,29,30)/t17-,18-/m0/s1. The van der Waals surface area contributed by atoms with E-state index in [-0.39, 0.29) is 11.8 Å². The van der Waals surface area contributed by atoms with Gasteiger partial charge in [0, 0.05) is 59.3 Å². The Kier molecular flexibility index (Phi) is 4.20. The first kappa shape index (κ1) is 18.2. The zero-order valence-electron chi connectivity index (χ0n) is 16.6. The molecular formula is C22H20N6O2. The third kappa shape index (κ3) is 3.36. The first-order valence-electron chi connectivity index (χ1n) is 9.71. The third-order valence-corrected chi connectivity index (χ3v) is 5.41. The fraction of sp³-hybridized carbons (Fsp3) is 0.227. The van der Waals surface area contributed by atoms with Crippen molar-refractivity contribution in [2.75, 3.05) is 5.32 Å². The summed E-state index contributed by atoms with van der Waals surface area (Å²) in [6, 6.07) is 9.43. The number of benzene rings is 1. The molecule has 4 aromatic rings. The lowest BCUT2D eigenvalue weighted by molar-refractivity contribution is 0.210. The van der Waals surface area contributed by atoms with E-state index in [1.54, 1.807) is 23.0 Å². The van der Waals surface area contributed by atoms with E-state index in [1.807, 2.05) is 38.5 Å². The van der Waals surface area contributed by atoms with Crippen LogP contribution in [0.15, 0.2) is 48.9 Å². The Hall–Kier alpha value is -3.81. The smallest absolute Gasteiger partial charge is 0.409 e. The largest absolute Gasteiger partial charge is 0.465 e. The van der Waals surface area contributed by atoms with Gasteiger partial charge in [-0.1, -0.05) is 6.07 Å². The number of pyridine rings is 1. The Balaban J connectivity index is 1.60. The van der Waals surface area contributed by atoms with E-state index in [2.05, 4.69) is 26.4 Å². The van der Waals surface area contributed by atoms with E-state index in [0.717, 1.165) is 45.7 Å². The summed E-state index contributed by atoms with van der Waals surface area (Å²) in [6.07, 6.45) is 5.44. The molecule has 0 unspecified atom stereocenters. The van der Waals surface area contributed by atoms with Crippen molar-refractivity contribution < 1.29 is 9.90 Å². The molecule has 8 heteroatoms. The maximum atomic E-state index is 11.1. The lowest BCUT2D eigenvalue weighted by Crippen LogP contribution is -2.07. The molecule has 2 atom stereocenters. The average molecular weight is 400 g/mol. The number of nitrogens with zero attached hydrogens (tertiary/aromatic N) is 5. The molecule has 8 nitrogen and oxygen atoms in total. The molecule has 1 amide bonds. The van der Waals surface area contributed by atoms with Crippen LogP contribution in [-0.4, -0.2) is 35.9 Å². The highest BCUT2D eigenvalue weighted by atomic mass is 16.4. The van der Waals surface area contributed by atoms with Crippen LogP contribution in [0.25, 0.3) is 22.0 Å². The molecule has 0 aliphatic heterocycles. The second kappa shape index (κ2) is 6.91. The quantitative estimate of drug-likeness (QED) is 0.534. The number of aryl methyl sites for hydroxylation is 2. The molecule has 3 heterocycles. The van der Waals surface area contributed by atoms with Crippen LogP contribution in [-0.2, 0) is 7.05 Å². The highest BCUT2D eigenvalue weighted by Gasteiger charge is 2.43. The normalized spacial score (nSPS) is 17.8. The van der Waals surface area contributed by atoms with Crippen molar-refractivity contribution in [1.29, 1.82) is 0 Å². The third-order valence-electron chi connectivity index (χ3n) is 5.41. The van der Waals surface area contributed by atoms with Gasteiger partial charge in [-0.15, -0.1) is 0 Å². The molecule has 0 saturated heterocycles. The number of carboxylic acid groups (broad SMARTS) is 1. The average Bonchev–Trinajstić information content (AvgIpc) is 3.40. The van der Waals surface area contributed by atoms with Gasteiger partial charge in [-0.25, -0.2) is 14.8 Å². The highest BCUT2D eigenvalue weighted by molar-refractivity contribution is 5.97. The van der Waals surface area contributed by atoms with Crippen molar-refractivity contribution in [2.24, 2.45) is 7.05 Å². The van der Waals surface area contributed by atoms with Crippen LogP contribution in [0.1, 0.15) is 35.5 Å². The lowest BCUT2D eigenvalue weighted by Gasteiger charge is -2.10. The number of fused-ring (bicyclic) bond motifs is 1. The van der Waals surface area contributed by atoms with Gasteiger partial charge in [-0.05, 0) is 43.2 Å². The van der Waals surface area contributed by atoms with Gasteiger partial charge in [0.1, 0.15) is 5.82 Å². The Morgan fingerprint density at radius 3 is 2.80 bits per heavy atom. The zero-order valence-corrected chi connectivity index (χ0v) is 16.6. The molecule has 30 heavy (non-hydrogen) atoms.